The number of rotatable bonds is 4. The molecular weight excluding hydrogens is 224 g/mol. The van der Waals surface area contributed by atoms with Gasteiger partial charge in [-0.2, -0.15) is 0 Å². The summed E-state index contributed by atoms with van der Waals surface area (Å²) in [7, 11) is 0. The van der Waals surface area contributed by atoms with Crippen molar-refractivity contribution in [2.24, 2.45) is 0 Å². The van der Waals surface area contributed by atoms with Crippen LogP contribution in [0.2, 0.25) is 0 Å². The summed E-state index contributed by atoms with van der Waals surface area (Å²) < 4.78 is 0. The Morgan fingerprint density at radius 3 is 2.00 bits per heavy atom. The van der Waals surface area contributed by atoms with E-state index in [1.807, 2.05) is 18.2 Å². The van der Waals surface area contributed by atoms with E-state index in [2.05, 4.69) is 6.58 Å². The van der Waals surface area contributed by atoms with E-state index in [-0.39, 0.29) is 0 Å². The summed E-state index contributed by atoms with van der Waals surface area (Å²) in [6.07, 6.45) is 2.28. The molecule has 0 spiro atoms. The van der Waals surface area contributed by atoms with Gasteiger partial charge >= 0.3 is 0 Å². The minimum absolute atomic E-state index is 0.550. The molecule has 0 bridgehead atoms. The minimum atomic E-state index is -1.60. The second kappa shape index (κ2) is 4.98. The van der Waals surface area contributed by atoms with Gasteiger partial charge in [0.2, 0.25) is 0 Å². The van der Waals surface area contributed by atoms with Crippen LogP contribution in [0.25, 0.3) is 6.08 Å². The van der Waals surface area contributed by atoms with Crippen LogP contribution in [0, 0.1) is 0 Å². The molecule has 0 aromatic heterocycles. The van der Waals surface area contributed by atoms with Gasteiger partial charge in [0.1, 0.15) is 0 Å². The van der Waals surface area contributed by atoms with Crippen molar-refractivity contribution in [1.82, 2.24) is 0 Å². The van der Waals surface area contributed by atoms with E-state index >= 15 is 0 Å². The first-order valence-corrected chi connectivity index (χ1v) is 5.68. The van der Waals surface area contributed by atoms with Crippen LogP contribution in [0.1, 0.15) is 16.7 Å². The van der Waals surface area contributed by atoms with Gasteiger partial charge in [0.15, 0.2) is 11.9 Å². The van der Waals surface area contributed by atoms with E-state index in [1.54, 1.807) is 42.5 Å². The zero-order chi connectivity index (χ0) is 13.0. The van der Waals surface area contributed by atoms with Crippen LogP contribution in [0.5, 0.6) is 0 Å². The number of aldehydes is 1. The fourth-order valence-corrected chi connectivity index (χ4v) is 1.87. The third-order valence-electron chi connectivity index (χ3n) is 2.97. The second-order valence-corrected chi connectivity index (χ2v) is 4.08. The van der Waals surface area contributed by atoms with Crippen molar-refractivity contribution >= 4 is 12.4 Å². The van der Waals surface area contributed by atoms with Gasteiger partial charge in [0, 0.05) is 0 Å². The van der Waals surface area contributed by atoms with Crippen LogP contribution >= 0.6 is 0 Å². The molecule has 2 nitrogen and oxygen atoms in total. The van der Waals surface area contributed by atoms with Crippen LogP contribution in [0.15, 0.2) is 61.2 Å². The number of carbonyl (C=O) groups is 1. The fraction of sp³-hybridized carbons (Fsp3) is 0.0625. The Morgan fingerprint density at radius 1 is 0.944 bits per heavy atom. The van der Waals surface area contributed by atoms with Crippen LogP contribution in [-0.4, -0.2) is 11.4 Å². The Bertz CT molecular complexity index is 543. The summed E-state index contributed by atoms with van der Waals surface area (Å²) in [6.45, 7) is 3.67. The van der Waals surface area contributed by atoms with E-state index in [0.29, 0.717) is 17.4 Å². The SMILES string of the molecule is C=Cc1ccc(C(O)(C=O)c2ccccc2)cc1. The molecule has 2 aromatic rings. The smallest absolute Gasteiger partial charge is 0.170 e. The van der Waals surface area contributed by atoms with E-state index in [0.717, 1.165) is 5.56 Å². The first-order valence-electron chi connectivity index (χ1n) is 5.68. The zero-order valence-electron chi connectivity index (χ0n) is 9.91. The van der Waals surface area contributed by atoms with Gasteiger partial charge in [-0.25, -0.2) is 0 Å². The Labute approximate surface area is 106 Å². The van der Waals surface area contributed by atoms with Gasteiger partial charge < -0.3 is 5.11 Å². The molecule has 2 aromatic carbocycles. The molecular formula is C16H14O2. The second-order valence-electron chi connectivity index (χ2n) is 4.08. The molecule has 0 aliphatic rings. The van der Waals surface area contributed by atoms with Crippen LogP contribution in [0.3, 0.4) is 0 Å². The summed E-state index contributed by atoms with van der Waals surface area (Å²) in [4.78, 5) is 11.3. The lowest BCUT2D eigenvalue weighted by atomic mass is 9.87. The van der Waals surface area contributed by atoms with Crippen molar-refractivity contribution in [2.75, 3.05) is 0 Å². The minimum Gasteiger partial charge on any atom is -0.373 e. The van der Waals surface area contributed by atoms with Gasteiger partial charge in [-0.1, -0.05) is 67.3 Å². The number of benzene rings is 2. The third kappa shape index (κ3) is 2.11. The number of carbonyl (C=O) groups excluding carboxylic acids is 1. The van der Waals surface area contributed by atoms with Crippen molar-refractivity contribution in [2.45, 2.75) is 5.60 Å². The Balaban J connectivity index is 2.49. The zero-order valence-corrected chi connectivity index (χ0v) is 9.91. The fourth-order valence-electron chi connectivity index (χ4n) is 1.87. The van der Waals surface area contributed by atoms with Crippen molar-refractivity contribution < 1.29 is 9.90 Å². The molecule has 0 radical (unpaired) electrons. The highest BCUT2D eigenvalue weighted by Gasteiger charge is 2.30. The predicted molar refractivity (Wildman–Crippen MR) is 72.0 cm³/mol. The summed E-state index contributed by atoms with van der Waals surface area (Å²) >= 11 is 0. The van der Waals surface area contributed by atoms with Crippen molar-refractivity contribution in [3.05, 3.63) is 77.9 Å². The molecule has 0 saturated carbocycles. The summed E-state index contributed by atoms with van der Waals surface area (Å²) in [5.74, 6) is 0. The Hall–Kier alpha value is -2.19. The molecule has 0 heterocycles. The van der Waals surface area contributed by atoms with E-state index in [4.69, 9.17) is 0 Å². The van der Waals surface area contributed by atoms with Gasteiger partial charge in [0.25, 0.3) is 0 Å². The molecule has 2 rings (SSSR count). The third-order valence-corrected chi connectivity index (χ3v) is 2.97. The molecule has 0 saturated heterocycles. The first-order chi connectivity index (χ1) is 8.70. The number of aliphatic hydroxyl groups is 1. The van der Waals surface area contributed by atoms with E-state index < -0.39 is 5.60 Å². The summed E-state index contributed by atoms with van der Waals surface area (Å²) in [5.41, 5.74) is 0.460. The molecule has 0 aliphatic heterocycles. The van der Waals surface area contributed by atoms with Crippen molar-refractivity contribution in [1.29, 1.82) is 0 Å². The highest BCUT2D eigenvalue weighted by Crippen LogP contribution is 2.27. The van der Waals surface area contributed by atoms with Crippen molar-refractivity contribution in [3.63, 3.8) is 0 Å². The molecule has 1 N–H and O–H groups in total. The Morgan fingerprint density at radius 2 is 1.50 bits per heavy atom. The highest BCUT2D eigenvalue weighted by molar-refractivity contribution is 5.72. The maximum atomic E-state index is 11.3. The van der Waals surface area contributed by atoms with Gasteiger partial charge in [-0.15, -0.1) is 0 Å². The highest BCUT2D eigenvalue weighted by atomic mass is 16.3. The number of hydrogen-bond acceptors (Lipinski definition) is 2. The average molecular weight is 238 g/mol. The van der Waals surface area contributed by atoms with Crippen LogP contribution in [0.4, 0.5) is 0 Å². The topological polar surface area (TPSA) is 37.3 Å². The molecule has 1 unspecified atom stereocenters. The summed E-state index contributed by atoms with van der Waals surface area (Å²) in [6, 6.07) is 16.0. The van der Waals surface area contributed by atoms with Gasteiger partial charge in [0.05, 0.1) is 0 Å². The predicted octanol–water partition coefficient (Wildman–Crippen LogP) is 2.76. The molecule has 18 heavy (non-hydrogen) atoms. The normalized spacial score (nSPS) is 13.6. The lowest BCUT2D eigenvalue weighted by Gasteiger charge is -2.22. The Kier molecular flexibility index (Phi) is 3.40. The van der Waals surface area contributed by atoms with Crippen LogP contribution in [-0.2, 0) is 10.4 Å². The number of hydrogen-bond donors (Lipinski definition) is 1. The maximum Gasteiger partial charge on any atom is 0.170 e. The molecule has 0 fully saturated rings. The van der Waals surface area contributed by atoms with E-state index in [9.17, 15) is 9.90 Å². The molecule has 2 heteroatoms. The molecule has 1 atom stereocenters. The van der Waals surface area contributed by atoms with Crippen molar-refractivity contribution in [3.8, 4) is 0 Å². The maximum absolute atomic E-state index is 11.3. The molecule has 0 aliphatic carbocycles. The lowest BCUT2D eigenvalue weighted by Crippen LogP contribution is -2.28. The average Bonchev–Trinajstić information content (AvgIpc) is 2.47. The molecule has 0 amide bonds. The van der Waals surface area contributed by atoms with Crippen LogP contribution < -0.4 is 0 Å². The largest absolute Gasteiger partial charge is 0.373 e. The molecule has 90 valence electrons. The summed E-state index contributed by atoms with van der Waals surface area (Å²) in [5, 5.41) is 10.5. The monoisotopic (exact) mass is 238 g/mol. The van der Waals surface area contributed by atoms with Gasteiger partial charge in [-0.05, 0) is 16.7 Å². The van der Waals surface area contributed by atoms with Gasteiger partial charge in [-0.3, -0.25) is 4.79 Å². The van der Waals surface area contributed by atoms with E-state index in [1.165, 1.54) is 0 Å². The lowest BCUT2D eigenvalue weighted by molar-refractivity contribution is -0.121. The first kappa shape index (κ1) is 12.3. The quantitative estimate of drug-likeness (QED) is 0.832. The standard InChI is InChI=1S/C16H14O2/c1-2-13-8-10-15(11-9-13)16(18,12-17)14-6-4-3-5-7-14/h2-12,18H,1H2.